The second-order valence-corrected chi connectivity index (χ2v) is 8.62. The van der Waals surface area contributed by atoms with Crippen LogP contribution in [0.25, 0.3) is 0 Å². The van der Waals surface area contributed by atoms with Gasteiger partial charge in [-0.25, -0.2) is 13.4 Å². The fraction of sp³-hybridized carbons (Fsp3) is 0.250. The van der Waals surface area contributed by atoms with Crippen LogP contribution < -0.4 is 5.32 Å². The van der Waals surface area contributed by atoms with E-state index in [1.807, 2.05) is 12.1 Å². The van der Waals surface area contributed by atoms with Gasteiger partial charge in [-0.2, -0.15) is 0 Å². The van der Waals surface area contributed by atoms with Gasteiger partial charge in [-0.05, 0) is 35.2 Å². The number of carbonyl (C=O) groups is 1. The van der Waals surface area contributed by atoms with E-state index in [1.54, 1.807) is 12.1 Å². The van der Waals surface area contributed by atoms with Crippen molar-refractivity contribution in [2.24, 2.45) is 0 Å². The molecule has 1 aromatic heterocycles. The van der Waals surface area contributed by atoms with Gasteiger partial charge in [0.2, 0.25) is 0 Å². The van der Waals surface area contributed by atoms with E-state index in [1.165, 1.54) is 18.3 Å². The largest absolute Gasteiger partial charge is 0.321 e. The first kappa shape index (κ1) is 17.4. The van der Waals surface area contributed by atoms with Crippen molar-refractivity contribution in [3.8, 4) is 0 Å². The van der Waals surface area contributed by atoms with E-state index in [9.17, 15) is 13.2 Å². The Bertz CT molecular complexity index is 808. The normalized spacial score (nSPS) is 12.0. The van der Waals surface area contributed by atoms with Crippen molar-refractivity contribution in [2.45, 2.75) is 31.2 Å². The van der Waals surface area contributed by atoms with Crippen molar-refractivity contribution >= 4 is 31.3 Å². The highest BCUT2D eigenvalue weighted by Gasteiger charge is 2.15. The molecular formula is C16H17ClN2O3S. The van der Waals surface area contributed by atoms with E-state index in [0.29, 0.717) is 11.3 Å². The van der Waals surface area contributed by atoms with Crippen molar-refractivity contribution in [3.63, 3.8) is 0 Å². The summed E-state index contributed by atoms with van der Waals surface area (Å²) in [5.74, 6) is -0.297. The zero-order valence-corrected chi connectivity index (χ0v) is 14.6. The highest BCUT2D eigenvalue weighted by molar-refractivity contribution is 8.13. The summed E-state index contributed by atoms with van der Waals surface area (Å²) in [7, 11) is 1.32. The van der Waals surface area contributed by atoms with Crippen molar-refractivity contribution < 1.29 is 13.2 Å². The molecule has 0 fully saturated rings. The summed E-state index contributed by atoms with van der Waals surface area (Å²) in [4.78, 5) is 15.9. The number of hydrogen-bond donors (Lipinski definition) is 1. The molecule has 7 heteroatoms. The number of benzene rings is 1. The summed E-state index contributed by atoms with van der Waals surface area (Å²) in [6.45, 7) is 6.29. The lowest BCUT2D eigenvalue weighted by Crippen LogP contribution is -2.14. The van der Waals surface area contributed by atoms with E-state index in [-0.39, 0.29) is 16.3 Å². The Balaban J connectivity index is 2.13. The van der Waals surface area contributed by atoms with Crippen LogP contribution >= 0.6 is 10.7 Å². The standard InChI is InChI=1S/C16H17ClN2O3S/c1-16(2,3)12-6-4-11(5-7-12)15(20)19-13-8-9-14(18-10-13)23(17,21)22/h4-10H,1-3H3,(H,19,20). The number of carbonyl (C=O) groups excluding carboxylic acids is 1. The quantitative estimate of drug-likeness (QED) is 0.857. The van der Waals surface area contributed by atoms with Gasteiger partial charge in [-0.1, -0.05) is 32.9 Å². The predicted molar refractivity (Wildman–Crippen MR) is 90.4 cm³/mol. The Morgan fingerprint density at radius 1 is 1.09 bits per heavy atom. The molecule has 122 valence electrons. The number of amides is 1. The second-order valence-electron chi connectivity index (χ2n) is 6.10. The Kier molecular flexibility index (Phi) is 4.77. The molecule has 0 aliphatic heterocycles. The Morgan fingerprint density at radius 2 is 1.70 bits per heavy atom. The molecule has 1 heterocycles. The molecule has 0 aliphatic rings. The second kappa shape index (κ2) is 6.29. The van der Waals surface area contributed by atoms with Crippen LogP contribution in [0.5, 0.6) is 0 Å². The molecule has 1 amide bonds. The number of rotatable bonds is 3. The van der Waals surface area contributed by atoms with Crippen molar-refractivity contribution in [1.29, 1.82) is 0 Å². The number of anilines is 1. The molecule has 0 bridgehead atoms. The number of nitrogens with one attached hydrogen (secondary N) is 1. The van der Waals surface area contributed by atoms with E-state index in [2.05, 4.69) is 31.1 Å². The third-order valence-electron chi connectivity index (χ3n) is 3.26. The third-order valence-corrected chi connectivity index (χ3v) is 4.47. The van der Waals surface area contributed by atoms with Gasteiger partial charge in [0, 0.05) is 16.2 Å². The predicted octanol–water partition coefficient (Wildman–Crippen LogP) is 3.56. The van der Waals surface area contributed by atoms with Gasteiger partial charge < -0.3 is 5.32 Å². The summed E-state index contributed by atoms with van der Waals surface area (Å²) >= 11 is 0. The number of aromatic nitrogens is 1. The van der Waals surface area contributed by atoms with Crippen LogP contribution in [0.2, 0.25) is 0 Å². The molecule has 1 N–H and O–H groups in total. The molecular weight excluding hydrogens is 336 g/mol. The fourth-order valence-corrected chi connectivity index (χ4v) is 2.61. The van der Waals surface area contributed by atoms with Crippen molar-refractivity contribution in [1.82, 2.24) is 4.98 Å². The van der Waals surface area contributed by atoms with Gasteiger partial charge >= 0.3 is 0 Å². The SMILES string of the molecule is CC(C)(C)c1ccc(C(=O)Nc2ccc(S(=O)(=O)Cl)nc2)cc1. The van der Waals surface area contributed by atoms with Gasteiger partial charge in [0.1, 0.15) is 0 Å². The van der Waals surface area contributed by atoms with Crippen molar-refractivity contribution in [2.75, 3.05) is 5.32 Å². The number of pyridine rings is 1. The molecule has 5 nitrogen and oxygen atoms in total. The minimum atomic E-state index is -3.87. The summed E-state index contributed by atoms with van der Waals surface area (Å²) in [6, 6.07) is 10.00. The monoisotopic (exact) mass is 352 g/mol. The number of hydrogen-bond acceptors (Lipinski definition) is 4. The average Bonchev–Trinajstić information content (AvgIpc) is 2.46. The first-order valence-corrected chi connectivity index (χ1v) is 9.21. The Hall–Kier alpha value is -1.92. The van der Waals surface area contributed by atoms with Crippen LogP contribution in [0.4, 0.5) is 5.69 Å². The lowest BCUT2D eigenvalue weighted by molar-refractivity contribution is 0.102. The van der Waals surface area contributed by atoms with Crippen LogP contribution in [0.3, 0.4) is 0 Å². The third kappa shape index (κ3) is 4.53. The first-order chi connectivity index (χ1) is 10.6. The molecule has 2 aromatic rings. The van der Waals surface area contributed by atoms with E-state index in [4.69, 9.17) is 10.7 Å². The molecule has 0 radical (unpaired) electrons. The van der Waals surface area contributed by atoms with Crippen LogP contribution in [-0.2, 0) is 14.5 Å². The summed E-state index contributed by atoms with van der Waals surface area (Å²) in [5, 5.41) is 2.40. The van der Waals surface area contributed by atoms with Gasteiger partial charge in [0.15, 0.2) is 5.03 Å². The summed E-state index contributed by atoms with van der Waals surface area (Å²) in [5.41, 5.74) is 2.04. The highest BCUT2D eigenvalue weighted by atomic mass is 35.7. The van der Waals surface area contributed by atoms with E-state index in [0.717, 1.165) is 5.56 Å². The molecule has 0 spiro atoms. The number of halogens is 1. The highest BCUT2D eigenvalue weighted by Crippen LogP contribution is 2.22. The molecule has 23 heavy (non-hydrogen) atoms. The van der Waals surface area contributed by atoms with Crippen LogP contribution in [-0.4, -0.2) is 19.3 Å². The van der Waals surface area contributed by atoms with Crippen LogP contribution in [0, 0.1) is 0 Å². The summed E-state index contributed by atoms with van der Waals surface area (Å²) in [6.07, 6.45) is 1.25. The Morgan fingerprint density at radius 3 is 2.13 bits per heavy atom. The zero-order chi connectivity index (χ0) is 17.3. The maximum atomic E-state index is 12.2. The lowest BCUT2D eigenvalue weighted by Gasteiger charge is -2.19. The molecule has 1 aromatic carbocycles. The molecule has 0 saturated heterocycles. The lowest BCUT2D eigenvalue weighted by atomic mass is 9.87. The smallest absolute Gasteiger partial charge is 0.278 e. The van der Waals surface area contributed by atoms with Gasteiger partial charge in [-0.3, -0.25) is 4.79 Å². The molecule has 0 atom stereocenters. The first-order valence-electron chi connectivity index (χ1n) is 6.90. The van der Waals surface area contributed by atoms with Gasteiger partial charge in [-0.15, -0.1) is 0 Å². The molecule has 2 rings (SSSR count). The topological polar surface area (TPSA) is 76.1 Å². The summed E-state index contributed by atoms with van der Waals surface area (Å²) < 4.78 is 22.2. The maximum absolute atomic E-state index is 12.2. The molecule has 0 saturated carbocycles. The van der Waals surface area contributed by atoms with E-state index < -0.39 is 9.05 Å². The maximum Gasteiger partial charge on any atom is 0.278 e. The van der Waals surface area contributed by atoms with Crippen LogP contribution in [0.15, 0.2) is 47.6 Å². The molecule has 0 aliphatic carbocycles. The zero-order valence-electron chi connectivity index (χ0n) is 13.0. The minimum Gasteiger partial charge on any atom is -0.321 e. The Labute approximate surface area is 140 Å². The average molecular weight is 353 g/mol. The van der Waals surface area contributed by atoms with Gasteiger partial charge in [0.05, 0.1) is 11.9 Å². The minimum absolute atomic E-state index is 0.0157. The number of nitrogens with zero attached hydrogens (tertiary/aromatic N) is 1. The van der Waals surface area contributed by atoms with E-state index >= 15 is 0 Å². The van der Waals surface area contributed by atoms with Crippen LogP contribution in [0.1, 0.15) is 36.7 Å². The van der Waals surface area contributed by atoms with Crippen molar-refractivity contribution in [3.05, 3.63) is 53.7 Å². The molecule has 0 unspecified atom stereocenters. The van der Waals surface area contributed by atoms with Gasteiger partial charge in [0.25, 0.3) is 15.0 Å². The fourth-order valence-electron chi connectivity index (χ4n) is 1.92.